The highest BCUT2D eigenvalue weighted by atomic mass is 16.4. The highest BCUT2D eigenvalue weighted by Gasteiger charge is 2.48. The van der Waals surface area contributed by atoms with Gasteiger partial charge in [-0.25, -0.2) is 0 Å². The number of nitrogens with two attached hydrogens (primary N) is 1. The first kappa shape index (κ1) is 20.3. The Kier molecular flexibility index (Phi) is 7.95. The maximum atomic E-state index is 12.3. The van der Waals surface area contributed by atoms with Crippen molar-refractivity contribution in [2.45, 2.75) is 83.1 Å². The molecule has 0 aromatic heterocycles. The topological polar surface area (TPSA) is 87.7 Å². The number of carbonyl (C=O) groups excluding carboxylic acids is 1. The van der Waals surface area contributed by atoms with Crippen molar-refractivity contribution >= 4 is 11.7 Å². The second-order valence-electron chi connectivity index (χ2n) is 7.44. The molecule has 1 aromatic carbocycles. The maximum Gasteiger partial charge on any atom is 0.252 e. The molecule has 144 valence electrons. The third-order valence-corrected chi connectivity index (χ3v) is 5.24. The second-order valence-corrected chi connectivity index (χ2v) is 7.44. The van der Waals surface area contributed by atoms with Crippen molar-refractivity contribution in [3.8, 4) is 0 Å². The summed E-state index contributed by atoms with van der Waals surface area (Å²) in [6, 6.07) is 7.77. The number of hydrogen-bond donors (Lipinski definition) is 3. The number of amidine groups is 1. The predicted molar refractivity (Wildman–Crippen MR) is 106 cm³/mol. The zero-order chi connectivity index (χ0) is 18.8. The first-order valence-corrected chi connectivity index (χ1v) is 10.0. The van der Waals surface area contributed by atoms with E-state index in [1.165, 1.54) is 56.9 Å². The van der Waals surface area contributed by atoms with Gasteiger partial charge in [0, 0.05) is 5.56 Å². The van der Waals surface area contributed by atoms with Crippen LogP contribution in [0.1, 0.15) is 87.1 Å². The smallest absolute Gasteiger partial charge is 0.252 e. The standard InChI is InChI=1S/C21H33N3O2/c1-2-3-4-5-6-7-8-9-10-17-11-13-18(14-12-17)19(25)23-21(15-16-21)20(22)24-26/h11-14,26H,2-10,15-16H2,1H3,(H2,22,24)(H,23,25). The second kappa shape index (κ2) is 10.2. The predicted octanol–water partition coefficient (Wildman–Crippen LogP) is 4.38. The lowest BCUT2D eigenvalue weighted by atomic mass is 10.0. The lowest BCUT2D eigenvalue weighted by Gasteiger charge is -2.15. The van der Waals surface area contributed by atoms with Crippen molar-refractivity contribution in [1.29, 1.82) is 0 Å². The summed E-state index contributed by atoms with van der Waals surface area (Å²) in [5, 5.41) is 14.7. The molecule has 1 aliphatic rings. The number of hydrogen-bond acceptors (Lipinski definition) is 3. The molecule has 1 aliphatic carbocycles. The summed E-state index contributed by atoms with van der Waals surface area (Å²) in [7, 11) is 0. The molecule has 5 nitrogen and oxygen atoms in total. The fourth-order valence-corrected chi connectivity index (χ4v) is 3.24. The molecule has 0 aliphatic heterocycles. The zero-order valence-electron chi connectivity index (χ0n) is 16.0. The van der Waals surface area contributed by atoms with Gasteiger partial charge in [0.15, 0.2) is 5.84 Å². The normalized spacial score (nSPS) is 15.7. The summed E-state index contributed by atoms with van der Waals surface area (Å²) in [5.74, 6) is -0.0927. The lowest BCUT2D eigenvalue weighted by molar-refractivity contribution is 0.0942. The van der Waals surface area contributed by atoms with E-state index < -0.39 is 5.54 Å². The lowest BCUT2D eigenvalue weighted by Crippen LogP contribution is -2.46. The van der Waals surface area contributed by atoms with Gasteiger partial charge in [-0.1, -0.05) is 69.2 Å². The Hall–Kier alpha value is -2.04. The van der Waals surface area contributed by atoms with Gasteiger partial charge in [-0.05, 0) is 43.4 Å². The van der Waals surface area contributed by atoms with E-state index in [2.05, 4.69) is 17.4 Å². The van der Waals surface area contributed by atoms with Crippen LogP contribution in [-0.4, -0.2) is 22.5 Å². The number of aryl methyl sites for hydroxylation is 1. The molecule has 0 spiro atoms. The Morgan fingerprint density at radius 1 is 1.08 bits per heavy atom. The van der Waals surface area contributed by atoms with E-state index in [1.54, 1.807) is 0 Å². The van der Waals surface area contributed by atoms with Gasteiger partial charge in [0.1, 0.15) is 5.54 Å². The molecular formula is C21H33N3O2. The average Bonchev–Trinajstić information content (AvgIpc) is 3.44. The summed E-state index contributed by atoms with van der Waals surface area (Å²) in [5.41, 5.74) is 6.89. The summed E-state index contributed by atoms with van der Waals surface area (Å²) in [6.07, 6.45) is 13.0. The maximum absolute atomic E-state index is 12.3. The van der Waals surface area contributed by atoms with Crippen LogP contribution in [0.3, 0.4) is 0 Å². The fraction of sp³-hybridized carbons (Fsp3) is 0.619. The van der Waals surface area contributed by atoms with Crippen molar-refractivity contribution in [3.63, 3.8) is 0 Å². The van der Waals surface area contributed by atoms with E-state index in [4.69, 9.17) is 10.9 Å². The summed E-state index contributed by atoms with van der Waals surface area (Å²) in [6.45, 7) is 2.25. The number of amides is 1. The van der Waals surface area contributed by atoms with Gasteiger partial charge < -0.3 is 16.3 Å². The molecule has 0 heterocycles. The summed E-state index contributed by atoms with van der Waals surface area (Å²) < 4.78 is 0. The largest absolute Gasteiger partial charge is 0.409 e. The molecule has 0 saturated heterocycles. The van der Waals surface area contributed by atoms with Crippen molar-refractivity contribution < 1.29 is 10.0 Å². The molecule has 26 heavy (non-hydrogen) atoms. The van der Waals surface area contributed by atoms with E-state index >= 15 is 0 Å². The molecule has 0 unspecified atom stereocenters. The Morgan fingerprint density at radius 2 is 1.65 bits per heavy atom. The molecule has 0 atom stereocenters. The Morgan fingerprint density at radius 3 is 2.19 bits per heavy atom. The molecule has 1 saturated carbocycles. The van der Waals surface area contributed by atoms with Crippen LogP contribution in [0.15, 0.2) is 29.4 Å². The number of carbonyl (C=O) groups is 1. The van der Waals surface area contributed by atoms with Crippen LogP contribution < -0.4 is 11.1 Å². The minimum Gasteiger partial charge on any atom is -0.409 e. The van der Waals surface area contributed by atoms with Crippen LogP contribution in [0, 0.1) is 0 Å². The molecule has 4 N–H and O–H groups in total. The average molecular weight is 360 g/mol. The van der Waals surface area contributed by atoms with E-state index in [-0.39, 0.29) is 11.7 Å². The highest BCUT2D eigenvalue weighted by molar-refractivity contribution is 6.01. The first-order valence-electron chi connectivity index (χ1n) is 10.0. The van der Waals surface area contributed by atoms with Crippen molar-refractivity contribution in [1.82, 2.24) is 5.32 Å². The van der Waals surface area contributed by atoms with Crippen LogP contribution in [0.4, 0.5) is 0 Å². The number of unbranched alkanes of at least 4 members (excludes halogenated alkanes) is 7. The van der Waals surface area contributed by atoms with Crippen LogP contribution >= 0.6 is 0 Å². The van der Waals surface area contributed by atoms with Crippen LogP contribution in [0.25, 0.3) is 0 Å². The van der Waals surface area contributed by atoms with Crippen molar-refractivity contribution in [3.05, 3.63) is 35.4 Å². The summed E-state index contributed by atoms with van der Waals surface area (Å²) in [4.78, 5) is 12.3. The van der Waals surface area contributed by atoms with Gasteiger partial charge in [0.2, 0.25) is 0 Å². The minimum atomic E-state index is -0.651. The van der Waals surface area contributed by atoms with Gasteiger partial charge in [-0.2, -0.15) is 0 Å². The van der Waals surface area contributed by atoms with Crippen molar-refractivity contribution in [2.24, 2.45) is 10.9 Å². The number of nitrogens with one attached hydrogen (secondary N) is 1. The molecule has 0 bridgehead atoms. The van der Waals surface area contributed by atoms with Gasteiger partial charge in [-0.15, -0.1) is 0 Å². The van der Waals surface area contributed by atoms with Crippen LogP contribution in [0.5, 0.6) is 0 Å². The Balaban J connectivity index is 1.69. The monoisotopic (exact) mass is 359 g/mol. The van der Waals surface area contributed by atoms with E-state index in [0.717, 1.165) is 6.42 Å². The van der Waals surface area contributed by atoms with Crippen molar-refractivity contribution in [2.75, 3.05) is 0 Å². The number of oxime groups is 1. The quantitative estimate of drug-likeness (QED) is 0.170. The third kappa shape index (κ3) is 6.04. The number of rotatable bonds is 12. The SMILES string of the molecule is CCCCCCCCCCc1ccc(C(=O)NC2(/C(N)=N/O)CC2)cc1. The Labute approximate surface area is 157 Å². The minimum absolute atomic E-state index is 0.0807. The van der Waals surface area contributed by atoms with Gasteiger partial charge in [0.05, 0.1) is 0 Å². The molecular weight excluding hydrogens is 326 g/mol. The zero-order valence-corrected chi connectivity index (χ0v) is 16.0. The van der Waals surface area contributed by atoms with E-state index in [0.29, 0.717) is 18.4 Å². The molecule has 1 fully saturated rings. The van der Waals surface area contributed by atoms with Gasteiger partial charge >= 0.3 is 0 Å². The molecule has 5 heteroatoms. The fourth-order valence-electron chi connectivity index (χ4n) is 3.24. The number of nitrogens with zero attached hydrogens (tertiary/aromatic N) is 1. The van der Waals surface area contributed by atoms with Crippen LogP contribution in [-0.2, 0) is 6.42 Å². The van der Waals surface area contributed by atoms with E-state index in [1.807, 2.05) is 24.3 Å². The van der Waals surface area contributed by atoms with Crippen LogP contribution in [0.2, 0.25) is 0 Å². The third-order valence-electron chi connectivity index (χ3n) is 5.24. The summed E-state index contributed by atoms with van der Waals surface area (Å²) >= 11 is 0. The number of benzene rings is 1. The molecule has 1 amide bonds. The molecule has 2 rings (SSSR count). The molecule has 1 aromatic rings. The first-order chi connectivity index (χ1) is 12.6. The van der Waals surface area contributed by atoms with E-state index in [9.17, 15) is 4.79 Å². The van der Waals surface area contributed by atoms with Gasteiger partial charge in [-0.3, -0.25) is 4.79 Å². The van der Waals surface area contributed by atoms with Gasteiger partial charge in [0.25, 0.3) is 5.91 Å². The highest BCUT2D eigenvalue weighted by Crippen LogP contribution is 2.35. The Bertz CT molecular complexity index is 592. The molecule has 0 radical (unpaired) electrons.